The molecule has 0 radical (unpaired) electrons. The number of likely N-dealkylation sites (tertiary alicyclic amines) is 1. The molecule has 1 atom stereocenters. The van der Waals surface area contributed by atoms with Gasteiger partial charge in [-0.1, -0.05) is 13.0 Å². The number of ether oxygens (including phenoxy) is 1. The summed E-state index contributed by atoms with van der Waals surface area (Å²) in [5.74, 6) is 0. The lowest BCUT2D eigenvalue weighted by Gasteiger charge is -2.17. The lowest BCUT2D eigenvalue weighted by atomic mass is 9.90. The number of nitrogens with zero attached hydrogens (tertiary/aromatic N) is 1. The minimum Gasteiger partial charge on any atom is -0.462 e. The molecule has 3 nitrogen and oxygen atoms in total. The first-order valence-corrected chi connectivity index (χ1v) is 5.66. The average Bonchev–Trinajstić information content (AvgIpc) is 2.46. The number of hydrogen-bond donors (Lipinski definition) is 0. The zero-order chi connectivity index (χ0) is 12.8. The van der Waals surface area contributed by atoms with Crippen molar-refractivity contribution in [1.29, 1.82) is 0 Å². The van der Waals surface area contributed by atoms with Gasteiger partial charge in [-0.25, -0.2) is 0 Å². The first kappa shape index (κ1) is 15.2. The van der Waals surface area contributed by atoms with Crippen LogP contribution in [0, 0.1) is 5.41 Å². The third kappa shape index (κ3) is 6.62. The molecule has 0 aromatic rings. The van der Waals surface area contributed by atoms with Gasteiger partial charge in [0.25, 0.3) is 6.47 Å². The van der Waals surface area contributed by atoms with Crippen LogP contribution in [0.15, 0.2) is 12.7 Å². The molecule has 0 amide bonds. The van der Waals surface area contributed by atoms with E-state index in [4.69, 9.17) is 0 Å². The highest BCUT2D eigenvalue weighted by Gasteiger charge is 2.28. The second kappa shape index (κ2) is 6.04. The molecule has 0 saturated carbocycles. The highest BCUT2D eigenvalue weighted by atomic mass is 16.5. The number of carbonyl (C=O) groups is 1. The summed E-state index contributed by atoms with van der Waals surface area (Å²) < 4.78 is 4.55. The van der Waals surface area contributed by atoms with Crippen molar-refractivity contribution in [3.8, 4) is 0 Å². The number of hydrogen-bond acceptors (Lipinski definition) is 3. The van der Waals surface area contributed by atoms with Crippen molar-refractivity contribution < 1.29 is 9.53 Å². The maximum Gasteiger partial charge on any atom is 0.293 e. The van der Waals surface area contributed by atoms with Gasteiger partial charge in [0.2, 0.25) is 0 Å². The van der Waals surface area contributed by atoms with Gasteiger partial charge in [-0.15, -0.1) is 6.58 Å². The molecule has 94 valence electrons. The number of rotatable bonds is 2. The molecule has 0 aromatic heterocycles. The van der Waals surface area contributed by atoms with E-state index in [1.807, 2.05) is 20.8 Å². The topological polar surface area (TPSA) is 29.5 Å². The van der Waals surface area contributed by atoms with Crippen LogP contribution in [0.25, 0.3) is 0 Å². The predicted octanol–water partition coefficient (Wildman–Crippen LogP) is 2.47. The van der Waals surface area contributed by atoms with Crippen LogP contribution in [-0.2, 0) is 9.53 Å². The monoisotopic (exact) mass is 227 g/mol. The fourth-order valence-electron chi connectivity index (χ4n) is 1.53. The minimum absolute atomic E-state index is 0.318. The SMILES string of the molecule is C=CC1(C)CCN(C)C1.CC(C)(C)OC=O. The molecule has 0 aliphatic carbocycles. The Morgan fingerprint density at radius 2 is 2.00 bits per heavy atom. The van der Waals surface area contributed by atoms with Gasteiger partial charge in [0.05, 0.1) is 0 Å². The Morgan fingerprint density at radius 3 is 2.12 bits per heavy atom. The average molecular weight is 227 g/mol. The Morgan fingerprint density at radius 1 is 1.44 bits per heavy atom. The van der Waals surface area contributed by atoms with Gasteiger partial charge in [0, 0.05) is 6.54 Å². The Kier molecular flexibility index (Phi) is 5.73. The van der Waals surface area contributed by atoms with Gasteiger partial charge >= 0.3 is 0 Å². The Labute approximate surface area is 99.5 Å². The van der Waals surface area contributed by atoms with Crippen LogP contribution in [0.2, 0.25) is 0 Å². The molecule has 3 heteroatoms. The largest absolute Gasteiger partial charge is 0.462 e. The molecule has 0 N–H and O–H groups in total. The summed E-state index contributed by atoms with van der Waals surface area (Å²) in [6, 6.07) is 0. The summed E-state index contributed by atoms with van der Waals surface area (Å²) in [6.07, 6.45) is 3.35. The normalized spacial score (nSPS) is 25.6. The molecule has 0 spiro atoms. The summed E-state index contributed by atoms with van der Waals surface area (Å²) in [5.41, 5.74) is 0.0799. The fraction of sp³-hybridized carbons (Fsp3) is 0.769. The second-order valence-corrected chi connectivity index (χ2v) is 5.67. The van der Waals surface area contributed by atoms with Gasteiger partial charge in [-0.2, -0.15) is 0 Å². The molecule has 1 unspecified atom stereocenters. The Bertz CT molecular complexity index is 233. The van der Waals surface area contributed by atoms with Crippen LogP contribution < -0.4 is 0 Å². The molecular formula is C13H25NO2. The Hall–Kier alpha value is -0.830. The summed E-state index contributed by atoms with van der Waals surface area (Å²) in [6.45, 7) is 14.4. The van der Waals surface area contributed by atoms with Crippen molar-refractivity contribution in [2.75, 3.05) is 20.1 Å². The first-order valence-electron chi connectivity index (χ1n) is 5.66. The van der Waals surface area contributed by atoms with E-state index in [0.29, 0.717) is 11.9 Å². The van der Waals surface area contributed by atoms with Crippen molar-refractivity contribution in [2.45, 2.75) is 39.7 Å². The summed E-state index contributed by atoms with van der Waals surface area (Å²) in [5, 5.41) is 0. The van der Waals surface area contributed by atoms with Crippen LogP contribution in [0.5, 0.6) is 0 Å². The number of carbonyl (C=O) groups excluding carboxylic acids is 1. The van der Waals surface area contributed by atoms with Crippen molar-refractivity contribution in [3.05, 3.63) is 12.7 Å². The summed E-state index contributed by atoms with van der Waals surface area (Å²) in [4.78, 5) is 11.9. The zero-order valence-corrected chi connectivity index (χ0v) is 11.2. The van der Waals surface area contributed by atoms with Crippen LogP contribution in [0.1, 0.15) is 34.1 Å². The van der Waals surface area contributed by atoms with E-state index in [2.05, 4.69) is 36.3 Å². The maximum absolute atomic E-state index is 9.60. The van der Waals surface area contributed by atoms with Crippen molar-refractivity contribution >= 4 is 6.47 Å². The van der Waals surface area contributed by atoms with Gasteiger partial charge in [-0.3, -0.25) is 4.79 Å². The third-order valence-corrected chi connectivity index (χ3v) is 2.59. The van der Waals surface area contributed by atoms with E-state index in [-0.39, 0.29) is 5.60 Å². The lowest BCUT2D eigenvalue weighted by Crippen LogP contribution is -2.19. The summed E-state index contributed by atoms with van der Waals surface area (Å²) >= 11 is 0. The summed E-state index contributed by atoms with van der Waals surface area (Å²) in [7, 11) is 2.16. The molecule has 1 heterocycles. The van der Waals surface area contributed by atoms with E-state index in [0.717, 1.165) is 0 Å². The molecule has 1 saturated heterocycles. The Balaban J connectivity index is 0.000000293. The van der Waals surface area contributed by atoms with Crippen LogP contribution in [0.3, 0.4) is 0 Å². The predicted molar refractivity (Wildman–Crippen MR) is 67.3 cm³/mol. The van der Waals surface area contributed by atoms with E-state index in [9.17, 15) is 4.79 Å². The molecule has 1 rings (SSSR count). The molecular weight excluding hydrogens is 202 g/mol. The van der Waals surface area contributed by atoms with Gasteiger partial charge in [-0.05, 0) is 46.2 Å². The maximum atomic E-state index is 9.60. The lowest BCUT2D eigenvalue weighted by molar-refractivity contribution is -0.138. The van der Waals surface area contributed by atoms with Gasteiger partial charge < -0.3 is 9.64 Å². The molecule has 1 aliphatic rings. The van der Waals surface area contributed by atoms with Crippen LogP contribution in [0.4, 0.5) is 0 Å². The van der Waals surface area contributed by atoms with E-state index >= 15 is 0 Å². The molecule has 0 aromatic carbocycles. The van der Waals surface area contributed by atoms with Crippen LogP contribution in [-0.4, -0.2) is 37.1 Å². The highest BCUT2D eigenvalue weighted by Crippen LogP contribution is 2.29. The molecule has 1 aliphatic heterocycles. The van der Waals surface area contributed by atoms with E-state index in [1.54, 1.807) is 0 Å². The smallest absolute Gasteiger partial charge is 0.293 e. The van der Waals surface area contributed by atoms with Crippen molar-refractivity contribution in [2.24, 2.45) is 5.41 Å². The quantitative estimate of drug-likeness (QED) is 0.536. The molecule has 1 fully saturated rings. The zero-order valence-electron chi connectivity index (χ0n) is 11.2. The molecule has 16 heavy (non-hydrogen) atoms. The van der Waals surface area contributed by atoms with E-state index in [1.165, 1.54) is 19.5 Å². The standard InChI is InChI=1S/C8H15N.C5H10O2/c1-4-8(2)5-6-9(3)7-8;1-5(2,3)7-4-6/h4H,1,5-7H2,2-3H3;4H,1-3H3. The van der Waals surface area contributed by atoms with Gasteiger partial charge in [0.1, 0.15) is 5.60 Å². The van der Waals surface area contributed by atoms with Gasteiger partial charge in [0.15, 0.2) is 0 Å². The fourth-order valence-corrected chi connectivity index (χ4v) is 1.53. The second-order valence-electron chi connectivity index (χ2n) is 5.67. The first-order chi connectivity index (χ1) is 7.22. The van der Waals surface area contributed by atoms with Crippen molar-refractivity contribution in [3.63, 3.8) is 0 Å². The van der Waals surface area contributed by atoms with Crippen LogP contribution >= 0.6 is 0 Å². The molecule has 0 bridgehead atoms. The third-order valence-electron chi connectivity index (χ3n) is 2.59. The highest BCUT2D eigenvalue weighted by molar-refractivity contribution is 5.37. The van der Waals surface area contributed by atoms with Crippen molar-refractivity contribution in [1.82, 2.24) is 4.90 Å². The van der Waals surface area contributed by atoms with E-state index < -0.39 is 0 Å². The minimum atomic E-state index is -0.318.